The van der Waals surface area contributed by atoms with E-state index in [4.69, 9.17) is 0 Å². The molecule has 4 rings (SSSR count). The Morgan fingerprint density at radius 1 is 1.13 bits per heavy atom. The van der Waals surface area contributed by atoms with Gasteiger partial charge in [0.1, 0.15) is 17.3 Å². The molecule has 0 fully saturated rings. The van der Waals surface area contributed by atoms with Gasteiger partial charge in [-0.1, -0.05) is 11.3 Å². The van der Waals surface area contributed by atoms with E-state index in [1.54, 1.807) is 4.52 Å². The summed E-state index contributed by atoms with van der Waals surface area (Å²) < 4.78 is 28.2. The maximum Gasteiger partial charge on any atom is 0.235 e. The molecular weight excluding hydrogens is 322 g/mol. The zero-order valence-corrected chi connectivity index (χ0v) is 12.7. The molecule has 0 spiro atoms. The first-order valence-corrected chi connectivity index (χ1v) is 7.58. The fraction of sp³-hybridized carbons (Fsp3) is 0.143. The van der Waals surface area contributed by atoms with Crippen LogP contribution in [-0.2, 0) is 6.42 Å². The maximum absolute atomic E-state index is 13.3. The third-order valence-corrected chi connectivity index (χ3v) is 4.19. The summed E-state index contributed by atoms with van der Waals surface area (Å²) in [5.41, 5.74) is 2.13. The van der Waals surface area contributed by atoms with Crippen LogP contribution in [0.4, 0.5) is 8.78 Å². The molecule has 0 aliphatic rings. The minimum absolute atomic E-state index is 0.235. The SMILES string of the molecule is Cc1cc(-c2nn3c(Cc4cc(F)cc(F)c4)nnc3s2)n[nH]1. The highest BCUT2D eigenvalue weighted by atomic mass is 32.1. The summed E-state index contributed by atoms with van der Waals surface area (Å²) in [7, 11) is 0. The molecule has 9 heteroatoms. The minimum Gasteiger partial charge on any atom is -0.282 e. The summed E-state index contributed by atoms with van der Waals surface area (Å²) >= 11 is 1.35. The second-order valence-electron chi connectivity index (χ2n) is 5.11. The molecule has 0 atom stereocenters. The van der Waals surface area contributed by atoms with E-state index in [1.165, 1.54) is 23.5 Å². The zero-order valence-electron chi connectivity index (χ0n) is 11.9. The van der Waals surface area contributed by atoms with Gasteiger partial charge in [-0.05, 0) is 30.7 Å². The van der Waals surface area contributed by atoms with Crippen molar-refractivity contribution in [1.82, 2.24) is 30.0 Å². The van der Waals surface area contributed by atoms with E-state index in [2.05, 4.69) is 25.5 Å². The fourth-order valence-corrected chi connectivity index (χ4v) is 3.11. The highest BCUT2D eigenvalue weighted by molar-refractivity contribution is 7.19. The first kappa shape index (κ1) is 13.9. The Kier molecular flexibility index (Phi) is 3.15. The van der Waals surface area contributed by atoms with Gasteiger partial charge in [-0.3, -0.25) is 5.10 Å². The van der Waals surface area contributed by atoms with Crippen molar-refractivity contribution in [3.05, 3.63) is 53.0 Å². The van der Waals surface area contributed by atoms with Crippen LogP contribution in [-0.4, -0.2) is 30.0 Å². The van der Waals surface area contributed by atoms with Crippen molar-refractivity contribution in [2.24, 2.45) is 0 Å². The Bertz CT molecular complexity index is 982. The Balaban J connectivity index is 1.71. The van der Waals surface area contributed by atoms with Crippen LogP contribution in [0.15, 0.2) is 24.3 Å². The first-order valence-electron chi connectivity index (χ1n) is 6.77. The predicted octanol–water partition coefficient (Wildman–Crippen LogP) is 2.75. The van der Waals surface area contributed by atoms with Crippen molar-refractivity contribution in [3.63, 3.8) is 0 Å². The standard InChI is InChI=1S/C14H10F2N6S/c1-7-2-11(18-17-7)13-21-22-12(19-20-14(22)23-13)5-8-3-9(15)6-10(16)4-8/h2-4,6H,5H2,1H3,(H,17,18). The third kappa shape index (κ3) is 2.59. The molecule has 1 N–H and O–H groups in total. The molecule has 0 unspecified atom stereocenters. The van der Waals surface area contributed by atoms with Crippen molar-refractivity contribution in [2.75, 3.05) is 0 Å². The van der Waals surface area contributed by atoms with E-state index < -0.39 is 11.6 Å². The van der Waals surface area contributed by atoms with Crippen LogP contribution < -0.4 is 0 Å². The van der Waals surface area contributed by atoms with Gasteiger partial charge in [0.15, 0.2) is 10.8 Å². The molecule has 0 saturated heterocycles. The second kappa shape index (κ2) is 5.20. The lowest BCUT2D eigenvalue weighted by atomic mass is 10.1. The lowest BCUT2D eigenvalue weighted by Gasteiger charge is -1.99. The lowest BCUT2D eigenvalue weighted by molar-refractivity contribution is 0.580. The number of halogens is 2. The third-order valence-electron chi connectivity index (χ3n) is 3.27. The van der Waals surface area contributed by atoms with E-state index in [0.717, 1.165) is 17.5 Å². The molecule has 0 amide bonds. The summed E-state index contributed by atoms with van der Waals surface area (Å²) in [6, 6.07) is 5.26. The van der Waals surface area contributed by atoms with Crippen LogP contribution in [0, 0.1) is 18.6 Å². The number of nitrogens with one attached hydrogen (secondary N) is 1. The molecule has 1 aromatic carbocycles. The molecule has 23 heavy (non-hydrogen) atoms. The first-order chi connectivity index (χ1) is 11.1. The van der Waals surface area contributed by atoms with Crippen LogP contribution in [0.25, 0.3) is 15.7 Å². The number of hydrogen-bond acceptors (Lipinski definition) is 5. The summed E-state index contributed by atoms with van der Waals surface area (Å²) in [5.74, 6) is -0.724. The number of rotatable bonds is 3. The lowest BCUT2D eigenvalue weighted by Crippen LogP contribution is -1.99. The summed E-state index contributed by atoms with van der Waals surface area (Å²) in [6.45, 7) is 1.90. The summed E-state index contributed by atoms with van der Waals surface area (Å²) in [4.78, 5) is 0.604. The Morgan fingerprint density at radius 3 is 2.61 bits per heavy atom. The number of aryl methyl sites for hydroxylation is 1. The van der Waals surface area contributed by atoms with E-state index in [9.17, 15) is 8.78 Å². The molecule has 0 saturated carbocycles. The smallest absolute Gasteiger partial charge is 0.235 e. The van der Waals surface area contributed by atoms with Crippen LogP contribution in [0.2, 0.25) is 0 Å². The number of nitrogens with zero attached hydrogens (tertiary/aromatic N) is 5. The number of aromatic nitrogens is 6. The van der Waals surface area contributed by atoms with Crippen molar-refractivity contribution < 1.29 is 8.78 Å². The molecule has 116 valence electrons. The number of fused-ring (bicyclic) bond motifs is 1. The minimum atomic E-state index is -0.619. The number of aromatic amines is 1. The van der Waals surface area contributed by atoms with Crippen molar-refractivity contribution >= 4 is 16.3 Å². The van der Waals surface area contributed by atoms with Gasteiger partial charge in [0.25, 0.3) is 0 Å². The maximum atomic E-state index is 13.3. The largest absolute Gasteiger partial charge is 0.282 e. The highest BCUT2D eigenvalue weighted by Crippen LogP contribution is 2.24. The molecule has 6 nitrogen and oxygen atoms in total. The van der Waals surface area contributed by atoms with Crippen LogP contribution >= 0.6 is 11.3 Å². The van der Waals surface area contributed by atoms with E-state index in [1.807, 2.05) is 13.0 Å². The molecule has 0 aliphatic heterocycles. The summed E-state index contributed by atoms with van der Waals surface area (Å²) in [5, 5.41) is 20.2. The molecule has 0 radical (unpaired) electrons. The molecule has 0 aliphatic carbocycles. The van der Waals surface area contributed by atoms with Crippen LogP contribution in [0.3, 0.4) is 0 Å². The van der Waals surface area contributed by atoms with Gasteiger partial charge in [-0.2, -0.15) is 14.7 Å². The number of benzene rings is 1. The monoisotopic (exact) mass is 332 g/mol. The van der Waals surface area contributed by atoms with E-state index in [0.29, 0.717) is 21.4 Å². The normalized spacial score (nSPS) is 11.4. The number of H-pyrrole nitrogens is 1. The van der Waals surface area contributed by atoms with Crippen molar-refractivity contribution in [2.45, 2.75) is 13.3 Å². The molecule has 3 aromatic heterocycles. The molecule has 4 aromatic rings. The topological polar surface area (TPSA) is 71.8 Å². The molecular formula is C14H10F2N6S. The Morgan fingerprint density at radius 2 is 1.91 bits per heavy atom. The quantitative estimate of drug-likeness (QED) is 0.626. The van der Waals surface area contributed by atoms with Crippen molar-refractivity contribution in [3.8, 4) is 10.7 Å². The fourth-order valence-electron chi connectivity index (χ4n) is 2.29. The molecule has 0 bridgehead atoms. The summed E-state index contributed by atoms with van der Waals surface area (Å²) in [6.07, 6.45) is 0.235. The van der Waals surface area contributed by atoms with Gasteiger partial charge < -0.3 is 0 Å². The van der Waals surface area contributed by atoms with Crippen molar-refractivity contribution in [1.29, 1.82) is 0 Å². The van der Waals surface area contributed by atoms with E-state index >= 15 is 0 Å². The Labute approximate surface area is 132 Å². The predicted molar refractivity (Wildman–Crippen MR) is 80.1 cm³/mol. The van der Waals surface area contributed by atoms with E-state index in [-0.39, 0.29) is 6.42 Å². The second-order valence-corrected chi connectivity index (χ2v) is 6.06. The van der Waals surface area contributed by atoms with Crippen LogP contribution in [0.1, 0.15) is 17.1 Å². The van der Waals surface area contributed by atoms with Gasteiger partial charge in [0.05, 0.1) is 0 Å². The van der Waals surface area contributed by atoms with Gasteiger partial charge >= 0.3 is 0 Å². The highest BCUT2D eigenvalue weighted by Gasteiger charge is 2.15. The van der Waals surface area contributed by atoms with Crippen LogP contribution in [0.5, 0.6) is 0 Å². The van der Waals surface area contributed by atoms with Gasteiger partial charge in [-0.15, -0.1) is 10.2 Å². The average molecular weight is 332 g/mol. The molecule has 3 heterocycles. The average Bonchev–Trinajstić information content (AvgIpc) is 3.14. The number of hydrogen-bond donors (Lipinski definition) is 1. The van der Waals surface area contributed by atoms with Gasteiger partial charge in [0, 0.05) is 18.2 Å². The Hall–Kier alpha value is -2.68. The van der Waals surface area contributed by atoms with Gasteiger partial charge in [0.2, 0.25) is 4.96 Å². The van der Waals surface area contributed by atoms with Gasteiger partial charge in [-0.25, -0.2) is 8.78 Å². The zero-order chi connectivity index (χ0) is 16.0.